The number of sulfonamides is 1. The predicted molar refractivity (Wildman–Crippen MR) is 89.3 cm³/mol. The molecular weight excluding hydrogens is 376 g/mol. The van der Waals surface area contributed by atoms with Crippen LogP contribution in [0.4, 0.5) is 17.6 Å². The average Bonchev–Trinajstić information content (AvgIpc) is 2.59. The van der Waals surface area contributed by atoms with Gasteiger partial charge in [0.2, 0.25) is 0 Å². The van der Waals surface area contributed by atoms with Crippen LogP contribution >= 0.6 is 0 Å². The SMILES string of the molecule is CN=C(NCc1ccccc1F)NC1CCN(S(=O)(=O)C(F)(F)F)CC1. The zero-order valence-corrected chi connectivity index (χ0v) is 14.9. The van der Waals surface area contributed by atoms with Crippen molar-refractivity contribution in [3.05, 3.63) is 35.6 Å². The first-order valence-electron chi connectivity index (χ1n) is 7.92. The van der Waals surface area contributed by atoms with Crippen LogP contribution in [0.1, 0.15) is 18.4 Å². The van der Waals surface area contributed by atoms with Crippen LogP contribution in [0, 0.1) is 5.82 Å². The van der Waals surface area contributed by atoms with E-state index in [9.17, 15) is 26.0 Å². The van der Waals surface area contributed by atoms with Gasteiger partial charge < -0.3 is 10.6 Å². The first kappa shape index (κ1) is 20.4. The highest BCUT2D eigenvalue weighted by Gasteiger charge is 2.50. The van der Waals surface area contributed by atoms with Crippen molar-refractivity contribution >= 4 is 16.0 Å². The van der Waals surface area contributed by atoms with E-state index in [0.717, 1.165) is 0 Å². The average molecular weight is 396 g/mol. The molecule has 1 aromatic carbocycles. The van der Waals surface area contributed by atoms with E-state index >= 15 is 0 Å². The number of benzene rings is 1. The standard InChI is InChI=1S/C15H20F4N4O2S/c1-20-14(21-10-11-4-2-3-5-13(11)16)22-12-6-8-23(9-7-12)26(24,25)15(17,18)19/h2-5,12H,6-10H2,1H3,(H2,20,21,22). The molecule has 0 aliphatic carbocycles. The number of nitrogens with zero attached hydrogens (tertiary/aromatic N) is 2. The molecule has 146 valence electrons. The van der Waals surface area contributed by atoms with Gasteiger partial charge in [-0.15, -0.1) is 0 Å². The summed E-state index contributed by atoms with van der Waals surface area (Å²) in [7, 11) is -3.78. The normalized spacial score (nSPS) is 18.0. The third-order valence-corrected chi connectivity index (χ3v) is 5.68. The van der Waals surface area contributed by atoms with Crippen molar-refractivity contribution < 1.29 is 26.0 Å². The van der Waals surface area contributed by atoms with E-state index in [1.807, 2.05) is 0 Å². The molecule has 1 heterocycles. The Bertz CT molecular complexity index is 744. The lowest BCUT2D eigenvalue weighted by Crippen LogP contribution is -2.51. The van der Waals surface area contributed by atoms with Gasteiger partial charge in [0.1, 0.15) is 5.82 Å². The summed E-state index contributed by atoms with van der Waals surface area (Å²) < 4.78 is 74.5. The molecule has 1 aliphatic rings. The Balaban J connectivity index is 1.87. The Kier molecular flexibility index (Phi) is 6.45. The summed E-state index contributed by atoms with van der Waals surface area (Å²) in [6.07, 6.45) is 0.408. The van der Waals surface area contributed by atoms with Gasteiger partial charge in [0, 0.05) is 38.3 Å². The van der Waals surface area contributed by atoms with E-state index in [4.69, 9.17) is 0 Å². The van der Waals surface area contributed by atoms with Crippen molar-refractivity contribution in [2.75, 3.05) is 20.1 Å². The third kappa shape index (κ3) is 4.85. The quantitative estimate of drug-likeness (QED) is 0.463. The number of hydrogen-bond donors (Lipinski definition) is 2. The minimum Gasteiger partial charge on any atom is -0.354 e. The molecular formula is C15H20F4N4O2S. The zero-order valence-electron chi connectivity index (χ0n) is 14.1. The van der Waals surface area contributed by atoms with Crippen molar-refractivity contribution in [2.24, 2.45) is 4.99 Å². The Hall–Kier alpha value is -1.88. The van der Waals surface area contributed by atoms with Crippen molar-refractivity contribution in [2.45, 2.75) is 30.9 Å². The van der Waals surface area contributed by atoms with Crippen LogP contribution < -0.4 is 10.6 Å². The maximum Gasteiger partial charge on any atom is 0.511 e. The summed E-state index contributed by atoms with van der Waals surface area (Å²) in [6, 6.07) is 6.00. The van der Waals surface area contributed by atoms with Gasteiger partial charge in [-0.05, 0) is 18.9 Å². The highest BCUT2D eigenvalue weighted by molar-refractivity contribution is 7.90. The molecule has 1 saturated heterocycles. The molecule has 0 saturated carbocycles. The molecule has 0 radical (unpaired) electrons. The van der Waals surface area contributed by atoms with Crippen LogP contribution in [-0.4, -0.2) is 50.4 Å². The number of alkyl halides is 3. The first-order chi connectivity index (χ1) is 12.1. The molecule has 1 fully saturated rings. The lowest BCUT2D eigenvalue weighted by atomic mass is 10.1. The molecule has 2 N–H and O–H groups in total. The molecule has 1 aromatic rings. The monoisotopic (exact) mass is 396 g/mol. The molecule has 11 heteroatoms. The maximum absolute atomic E-state index is 13.6. The summed E-state index contributed by atoms with van der Waals surface area (Å²) in [6.45, 7) is -0.277. The number of hydrogen-bond acceptors (Lipinski definition) is 3. The molecule has 1 aliphatic heterocycles. The van der Waals surface area contributed by atoms with Crippen LogP contribution in [-0.2, 0) is 16.6 Å². The van der Waals surface area contributed by atoms with Crippen molar-refractivity contribution in [1.29, 1.82) is 0 Å². The number of rotatable bonds is 4. The van der Waals surface area contributed by atoms with Gasteiger partial charge in [0.15, 0.2) is 5.96 Å². The second-order valence-electron chi connectivity index (χ2n) is 5.79. The van der Waals surface area contributed by atoms with Gasteiger partial charge in [-0.3, -0.25) is 4.99 Å². The number of nitrogens with one attached hydrogen (secondary N) is 2. The number of aliphatic imine (C=N–C) groups is 1. The second-order valence-corrected chi connectivity index (χ2v) is 7.72. The molecule has 6 nitrogen and oxygen atoms in total. The Morgan fingerprint density at radius 1 is 1.27 bits per heavy atom. The topological polar surface area (TPSA) is 73.8 Å². The fourth-order valence-corrected chi connectivity index (χ4v) is 3.58. The Labute approximate surface area is 149 Å². The van der Waals surface area contributed by atoms with Crippen molar-refractivity contribution in [3.8, 4) is 0 Å². The van der Waals surface area contributed by atoms with E-state index < -0.39 is 15.5 Å². The van der Waals surface area contributed by atoms with Crippen LogP contribution in [0.15, 0.2) is 29.3 Å². The lowest BCUT2D eigenvalue weighted by molar-refractivity contribution is -0.0494. The summed E-state index contributed by atoms with van der Waals surface area (Å²) in [5, 5.41) is 5.95. The van der Waals surface area contributed by atoms with Crippen LogP contribution in [0.2, 0.25) is 0 Å². The van der Waals surface area contributed by atoms with Gasteiger partial charge in [0.25, 0.3) is 0 Å². The van der Waals surface area contributed by atoms with E-state index in [1.54, 1.807) is 18.2 Å². The minimum atomic E-state index is -5.29. The van der Waals surface area contributed by atoms with E-state index in [-0.39, 0.29) is 44.3 Å². The van der Waals surface area contributed by atoms with Crippen LogP contribution in [0.25, 0.3) is 0 Å². The number of guanidine groups is 1. The van der Waals surface area contributed by atoms with Gasteiger partial charge in [-0.2, -0.15) is 17.5 Å². The van der Waals surface area contributed by atoms with Crippen LogP contribution in [0.3, 0.4) is 0 Å². The van der Waals surface area contributed by atoms with E-state index in [2.05, 4.69) is 15.6 Å². The predicted octanol–water partition coefficient (Wildman–Crippen LogP) is 1.80. The Morgan fingerprint density at radius 3 is 2.42 bits per heavy atom. The zero-order chi connectivity index (χ0) is 19.4. The number of halogens is 4. The first-order valence-corrected chi connectivity index (χ1v) is 9.36. The van der Waals surface area contributed by atoms with E-state index in [0.29, 0.717) is 15.8 Å². The van der Waals surface area contributed by atoms with Crippen molar-refractivity contribution in [3.63, 3.8) is 0 Å². The van der Waals surface area contributed by atoms with Gasteiger partial charge in [0.05, 0.1) is 0 Å². The molecule has 0 unspecified atom stereocenters. The summed E-state index contributed by atoms with van der Waals surface area (Å²) in [5.41, 5.74) is -4.84. The Morgan fingerprint density at radius 2 is 1.88 bits per heavy atom. The summed E-state index contributed by atoms with van der Waals surface area (Å²) >= 11 is 0. The highest BCUT2D eigenvalue weighted by atomic mass is 32.2. The van der Waals surface area contributed by atoms with Gasteiger partial charge >= 0.3 is 15.5 Å². The minimum absolute atomic E-state index is 0.188. The third-order valence-electron chi connectivity index (χ3n) is 4.05. The smallest absolute Gasteiger partial charge is 0.354 e. The van der Waals surface area contributed by atoms with Crippen LogP contribution in [0.5, 0.6) is 0 Å². The largest absolute Gasteiger partial charge is 0.511 e. The molecule has 0 bridgehead atoms. The molecule has 0 atom stereocenters. The fraction of sp³-hybridized carbons (Fsp3) is 0.533. The molecule has 0 aromatic heterocycles. The number of piperidine rings is 1. The highest BCUT2D eigenvalue weighted by Crippen LogP contribution is 2.28. The maximum atomic E-state index is 13.6. The lowest BCUT2D eigenvalue weighted by Gasteiger charge is -2.32. The summed E-state index contributed by atoms with van der Waals surface area (Å²) in [4.78, 5) is 3.99. The summed E-state index contributed by atoms with van der Waals surface area (Å²) in [5.74, 6) is 0.00602. The van der Waals surface area contributed by atoms with Gasteiger partial charge in [-0.25, -0.2) is 12.8 Å². The molecule has 26 heavy (non-hydrogen) atoms. The van der Waals surface area contributed by atoms with E-state index in [1.165, 1.54) is 13.1 Å². The fourth-order valence-electron chi connectivity index (χ4n) is 2.60. The molecule has 0 amide bonds. The molecule has 2 rings (SSSR count). The molecule has 0 spiro atoms. The second kappa shape index (κ2) is 8.21. The van der Waals surface area contributed by atoms with Gasteiger partial charge in [-0.1, -0.05) is 18.2 Å². The van der Waals surface area contributed by atoms with Crippen molar-refractivity contribution in [1.82, 2.24) is 14.9 Å².